The van der Waals surface area contributed by atoms with E-state index in [1.807, 2.05) is 12.1 Å². The van der Waals surface area contributed by atoms with Crippen molar-refractivity contribution in [2.75, 3.05) is 26.8 Å². The Morgan fingerprint density at radius 3 is 2.90 bits per heavy atom. The van der Waals surface area contributed by atoms with Crippen molar-refractivity contribution in [3.05, 3.63) is 30.1 Å². The Bertz CT molecular complexity index is 424. The summed E-state index contributed by atoms with van der Waals surface area (Å²) in [7, 11) is 1.62. The summed E-state index contributed by atoms with van der Waals surface area (Å²) in [5.41, 5.74) is 6.92. The summed E-state index contributed by atoms with van der Waals surface area (Å²) in [5.74, 6) is 0.300. The van der Waals surface area contributed by atoms with E-state index >= 15 is 0 Å². The Labute approximate surface area is 124 Å². The molecule has 0 aliphatic carbocycles. The summed E-state index contributed by atoms with van der Waals surface area (Å²) in [5, 5.41) is 6.39. The van der Waals surface area contributed by atoms with E-state index in [1.165, 1.54) is 5.56 Å². The number of nitrogens with two attached hydrogens (primary N) is 1. The number of methoxy groups -OCH3 is 1. The van der Waals surface area contributed by atoms with Crippen molar-refractivity contribution >= 4 is 23.3 Å². The molecule has 0 saturated heterocycles. The van der Waals surface area contributed by atoms with Gasteiger partial charge in [-0.15, -0.1) is 0 Å². The largest absolute Gasteiger partial charge is 0.383 e. The van der Waals surface area contributed by atoms with Crippen LogP contribution in [-0.2, 0) is 11.2 Å². The molecule has 1 heterocycles. The van der Waals surface area contributed by atoms with Crippen LogP contribution in [0.15, 0.2) is 29.5 Å². The molecule has 0 radical (unpaired) electrons. The molecule has 1 rings (SSSR count). The van der Waals surface area contributed by atoms with E-state index in [9.17, 15) is 0 Å². The highest BCUT2D eigenvalue weighted by Gasteiger charge is 1.98. The number of pyridine rings is 1. The summed E-state index contributed by atoms with van der Waals surface area (Å²) in [4.78, 5) is 8.04. The molecule has 0 spiro atoms. The van der Waals surface area contributed by atoms with E-state index in [0.717, 1.165) is 19.4 Å². The predicted octanol–water partition coefficient (Wildman–Crippen LogP) is 0.439. The number of thiocarbonyl (C=S) groups is 1. The lowest BCUT2D eigenvalue weighted by atomic mass is 10.1. The Hall–Kier alpha value is -1.73. The maximum atomic E-state index is 5.66. The molecule has 4 N–H and O–H groups in total. The van der Waals surface area contributed by atoms with E-state index in [1.54, 1.807) is 19.5 Å². The van der Waals surface area contributed by atoms with E-state index in [-0.39, 0.29) is 0 Å². The molecule has 0 saturated carbocycles. The van der Waals surface area contributed by atoms with Crippen molar-refractivity contribution < 1.29 is 4.74 Å². The van der Waals surface area contributed by atoms with Crippen molar-refractivity contribution in [1.82, 2.24) is 15.6 Å². The first-order chi connectivity index (χ1) is 9.72. The molecule has 1 aromatic rings. The minimum absolute atomic E-state index is 0.300. The maximum absolute atomic E-state index is 5.66. The minimum atomic E-state index is 0.300. The first-order valence-electron chi connectivity index (χ1n) is 6.45. The van der Waals surface area contributed by atoms with Gasteiger partial charge >= 0.3 is 0 Å². The number of guanidine groups is 1. The molecule has 0 aliphatic rings. The molecule has 0 aliphatic heterocycles. The lowest BCUT2D eigenvalue weighted by molar-refractivity contribution is 0.208. The molecule has 0 aromatic carbocycles. The SMILES string of the molecule is COCCN=C(N)NC(=S)NCCCc1ccncc1. The number of hydrogen-bond donors (Lipinski definition) is 3. The third-order valence-electron chi connectivity index (χ3n) is 2.50. The molecule has 110 valence electrons. The molecule has 0 atom stereocenters. The summed E-state index contributed by atoms with van der Waals surface area (Å²) >= 11 is 5.11. The minimum Gasteiger partial charge on any atom is -0.383 e. The van der Waals surface area contributed by atoms with E-state index in [2.05, 4.69) is 20.6 Å². The Morgan fingerprint density at radius 1 is 1.45 bits per heavy atom. The van der Waals surface area contributed by atoms with Gasteiger partial charge in [0.25, 0.3) is 0 Å². The molecule has 0 unspecified atom stereocenters. The summed E-state index contributed by atoms with van der Waals surface area (Å²) in [6.07, 6.45) is 5.56. The van der Waals surface area contributed by atoms with Crippen LogP contribution in [0, 0.1) is 0 Å². The van der Waals surface area contributed by atoms with Crippen LogP contribution >= 0.6 is 12.2 Å². The predicted molar refractivity (Wildman–Crippen MR) is 84.7 cm³/mol. The van der Waals surface area contributed by atoms with Crippen molar-refractivity contribution in [1.29, 1.82) is 0 Å². The highest BCUT2D eigenvalue weighted by molar-refractivity contribution is 7.80. The molecular formula is C13H21N5OS. The van der Waals surface area contributed by atoms with Gasteiger partial charge in [0.15, 0.2) is 11.1 Å². The van der Waals surface area contributed by atoms with Crippen LogP contribution in [-0.4, -0.2) is 42.9 Å². The molecule has 1 aromatic heterocycles. The van der Waals surface area contributed by atoms with Crippen molar-refractivity contribution in [2.45, 2.75) is 12.8 Å². The normalized spacial score (nSPS) is 11.2. The van der Waals surface area contributed by atoms with E-state index in [0.29, 0.717) is 24.2 Å². The molecule has 0 amide bonds. The summed E-state index contributed by atoms with van der Waals surface area (Å²) in [6.45, 7) is 1.83. The quantitative estimate of drug-likeness (QED) is 0.293. The fourth-order valence-corrected chi connectivity index (χ4v) is 1.71. The van der Waals surface area contributed by atoms with Crippen LogP contribution in [0.4, 0.5) is 0 Å². The van der Waals surface area contributed by atoms with Crippen molar-refractivity contribution in [2.24, 2.45) is 10.7 Å². The number of aliphatic imine (C=N–C) groups is 1. The zero-order valence-corrected chi connectivity index (χ0v) is 12.4. The van der Waals surface area contributed by atoms with Gasteiger partial charge in [-0.25, -0.2) is 0 Å². The van der Waals surface area contributed by atoms with Crippen LogP contribution < -0.4 is 16.4 Å². The molecular weight excluding hydrogens is 274 g/mol. The first-order valence-corrected chi connectivity index (χ1v) is 6.86. The van der Waals surface area contributed by atoms with Gasteiger partial charge in [0.2, 0.25) is 0 Å². The van der Waals surface area contributed by atoms with E-state index < -0.39 is 0 Å². The van der Waals surface area contributed by atoms with Crippen molar-refractivity contribution in [3.8, 4) is 0 Å². The van der Waals surface area contributed by atoms with Gasteiger partial charge in [-0.05, 0) is 42.8 Å². The monoisotopic (exact) mass is 295 g/mol. The average molecular weight is 295 g/mol. The van der Waals surface area contributed by atoms with Gasteiger partial charge in [-0.2, -0.15) is 0 Å². The standard InChI is InChI=1S/C13H21N5OS/c1-19-10-9-16-12(14)18-13(20)17-6-2-3-11-4-7-15-8-5-11/h4-5,7-8H,2-3,6,9-10H2,1H3,(H4,14,16,17,18,20). The second-order valence-corrected chi connectivity index (χ2v) is 4.51. The number of hydrogen-bond acceptors (Lipinski definition) is 4. The molecule has 0 fully saturated rings. The van der Waals surface area contributed by atoms with E-state index in [4.69, 9.17) is 22.7 Å². The number of aryl methyl sites for hydroxylation is 1. The summed E-state index contributed by atoms with van der Waals surface area (Å²) in [6, 6.07) is 4.02. The van der Waals surface area contributed by atoms with Gasteiger partial charge in [0, 0.05) is 26.0 Å². The molecule has 6 nitrogen and oxygen atoms in total. The highest BCUT2D eigenvalue weighted by atomic mass is 32.1. The van der Waals surface area contributed by atoms with Gasteiger partial charge in [0.05, 0.1) is 13.2 Å². The van der Waals surface area contributed by atoms with Gasteiger partial charge in [-0.3, -0.25) is 9.98 Å². The second kappa shape index (κ2) is 10.1. The van der Waals surface area contributed by atoms with Crippen LogP contribution in [0.5, 0.6) is 0 Å². The third kappa shape index (κ3) is 7.65. The van der Waals surface area contributed by atoms with Crippen LogP contribution in [0.1, 0.15) is 12.0 Å². The van der Waals surface area contributed by atoms with Gasteiger partial charge < -0.3 is 21.1 Å². The molecule has 7 heteroatoms. The highest BCUT2D eigenvalue weighted by Crippen LogP contribution is 1.99. The second-order valence-electron chi connectivity index (χ2n) is 4.10. The topological polar surface area (TPSA) is 84.6 Å². The molecule has 20 heavy (non-hydrogen) atoms. The lowest BCUT2D eigenvalue weighted by Gasteiger charge is -2.09. The fourth-order valence-electron chi connectivity index (χ4n) is 1.50. The Balaban J connectivity index is 2.12. The number of ether oxygens (including phenoxy) is 1. The third-order valence-corrected chi connectivity index (χ3v) is 2.74. The van der Waals surface area contributed by atoms with Crippen LogP contribution in [0.2, 0.25) is 0 Å². The summed E-state index contributed by atoms with van der Waals surface area (Å²) < 4.78 is 4.88. The molecule has 0 bridgehead atoms. The van der Waals surface area contributed by atoms with Crippen LogP contribution in [0.25, 0.3) is 0 Å². The Kier molecular flexibility index (Phi) is 8.25. The van der Waals surface area contributed by atoms with Gasteiger partial charge in [0.1, 0.15) is 0 Å². The Morgan fingerprint density at radius 2 is 2.20 bits per heavy atom. The zero-order valence-electron chi connectivity index (χ0n) is 11.6. The zero-order chi connectivity index (χ0) is 14.6. The van der Waals surface area contributed by atoms with Crippen molar-refractivity contribution in [3.63, 3.8) is 0 Å². The van der Waals surface area contributed by atoms with Crippen LogP contribution in [0.3, 0.4) is 0 Å². The smallest absolute Gasteiger partial charge is 0.194 e. The first kappa shape index (κ1) is 16.3. The lowest BCUT2D eigenvalue weighted by Crippen LogP contribution is -2.43. The average Bonchev–Trinajstić information content (AvgIpc) is 2.45. The number of nitrogens with zero attached hydrogens (tertiary/aromatic N) is 2. The number of nitrogens with one attached hydrogen (secondary N) is 2. The van der Waals surface area contributed by atoms with Gasteiger partial charge in [-0.1, -0.05) is 0 Å². The number of aromatic nitrogens is 1. The number of rotatable bonds is 7. The maximum Gasteiger partial charge on any atom is 0.194 e. The fraction of sp³-hybridized carbons (Fsp3) is 0.462.